The fraction of sp³-hybridized carbons (Fsp3) is 0.226. The maximum absolute atomic E-state index is 12.7. The molecule has 1 aromatic heterocycles. The van der Waals surface area contributed by atoms with E-state index in [-0.39, 0.29) is 5.91 Å². The van der Waals surface area contributed by atoms with Gasteiger partial charge in [0.15, 0.2) is 11.5 Å². The van der Waals surface area contributed by atoms with E-state index in [0.717, 1.165) is 35.8 Å². The van der Waals surface area contributed by atoms with E-state index in [1.165, 1.54) is 11.1 Å². The zero-order valence-electron chi connectivity index (χ0n) is 21.6. The lowest BCUT2D eigenvalue weighted by Crippen LogP contribution is -2.31. The van der Waals surface area contributed by atoms with Gasteiger partial charge in [-0.1, -0.05) is 42.5 Å². The number of amides is 1. The van der Waals surface area contributed by atoms with Gasteiger partial charge < -0.3 is 24.4 Å². The first-order valence-electron chi connectivity index (χ1n) is 12.7. The summed E-state index contributed by atoms with van der Waals surface area (Å²) in [5.41, 5.74) is 4.64. The predicted octanol–water partition coefficient (Wildman–Crippen LogP) is 5.88. The Bertz CT molecular complexity index is 1390. The number of hydrogen-bond acceptors (Lipinski definition) is 6. The van der Waals surface area contributed by atoms with E-state index in [1.807, 2.05) is 55.5 Å². The Kier molecular flexibility index (Phi) is 7.73. The maximum atomic E-state index is 12.7. The van der Waals surface area contributed by atoms with E-state index in [4.69, 9.17) is 14.2 Å². The number of hydrogen-bond donors (Lipinski definition) is 1. The summed E-state index contributed by atoms with van der Waals surface area (Å²) in [6.45, 7) is 4.53. The molecule has 0 atom stereocenters. The van der Waals surface area contributed by atoms with Crippen LogP contribution < -0.4 is 24.4 Å². The summed E-state index contributed by atoms with van der Waals surface area (Å²) in [6, 6.07) is 25.2. The standard InChI is InChI=1S/C31H31N3O4/c1-3-37-28-14-12-24-20-34(17-16-27(24)30(28)38-21-22-8-5-4-6-9-22)29-15-13-23(19-32-29)31(35)33-25-10-7-11-26(18-25)36-2/h4-15,18-19H,3,16-17,20-21H2,1-2H3,(H,33,35). The number of ether oxygens (including phenoxy) is 3. The van der Waals surface area contributed by atoms with Gasteiger partial charge in [0.2, 0.25) is 0 Å². The van der Waals surface area contributed by atoms with Crippen molar-refractivity contribution >= 4 is 17.4 Å². The van der Waals surface area contributed by atoms with Gasteiger partial charge in [0.05, 0.1) is 19.3 Å². The van der Waals surface area contributed by atoms with Gasteiger partial charge in [0.1, 0.15) is 18.2 Å². The molecule has 0 aliphatic carbocycles. The molecule has 0 saturated carbocycles. The zero-order valence-corrected chi connectivity index (χ0v) is 21.6. The monoisotopic (exact) mass is 509 g/mol. The highest BCUT2D eigenvalue weighted by molar-refractivity contribution is 6.04. The summed E-state index contributed by atoms with van der Waals surface area (Å²) in [5, 5.41) is 2.89. The molecule has 4 aromatic rings. The van der Waals surface area contributed by atoms with Crippen molar-refractivity contribution in [2.75, 3.05) is 30.5 Å². The van der Waals surface area contributed by atoms with Gasteiger partial charge in [0, 0.05) is 36.6 Å². The molecule has 194 valence electrons. The van der Waals surface area contributed by atoms with Gasteiger partial charge in [-0.15, -0.1) is 0 Å². The molecule has 1 N–H and O–H groups in total. The molecule has 0 unspecified atom stereocenters. The smallest absolute Gasteiger partial charge is 0.257 e. The van der Waals surface area contributed by atoms with Gasteiger partial charge in [0.25, 0.3) is 5.91 Å². The van der Waals surface area contributed by atoms with E-state index < -0.39 is 0 Å². The number of fused-ring (bicyclic) bond motifs is 1. The minimum Gasteiger partial charge on any atom is -0.497 e. The quantitative estimate of drug-likeness (QED) is 0.304. The Morgan fingerprint density at radius 1 is 1.00 bits per heavy atom. The molecule has 7 heteroatoms. The van der Waals surface area contributed by atoms with Crippen LogP contribution in [0, 0.1) is 0 Å². The van der Waals surface area contributed by atoms with Gasteiger partial charge >= 0.3 is 0 Å². The van der Waals surface area contributed by atoms with Crippen LogP contribution in [0.2, 0.25) is 0 Å². The number of carbonyl (C=O) groups is 1. The van der Waals surface area contributed by atoms with E-state index in [1.54, 1.807) is 25.4 Å². The predicted molar refractivity (Wildman–Crippen MR) is 148 cm³/mol. The Labute approximate surface area is 223 Å². The lowest BCUT2D eigenvalue weighted by Gasteiger charge is -2.31. The summed E-state index contributed by atoms with van der Waals surface area (Å²) in [7, 11) is 1.60. The topological polar surface area (TPSA) is 72.9 Å². The molecule has 5 rings (SSSR count). The number of nitrogens with one attached hydrogen (secondary N) is 1. The summed E-state index contributed by atoms with van der Waals surface area (Å²) in [4.78, 5) is 19.5. The van der Waals surface area contributed by atoms with Crippen molar-refractivity contribution in [3.05, 3.63) is 107 Å². The number of nitrogens with zero attached hydrogens (tertiary/aromatic N) is 2. The van der Waals surface area contributed by atoms with Gasteiger partial charge in [-0.05, 0) is 54.8 Å². The van der Waals surface area contributed by atoms with Crippen molar-refractivity contribution in [3.63, 3.8) is 0 Å². The molecule has 3 aromatic carbocycles. The molecular weight excluding hydrogens is 478 g/mol. The molecule has 0 spiro atoms. The molecule has 0 bridgehead atoms. The third kappa shape index (κ3) is 5.72. The molecule has 1 amide bonds. The number of aromatic nitrogens is 1. The summed E-state index contributed by atoms with van der Waals surface area (Å²) in [6.07, 6.45) is 2.42. The number of benzene rings is 3. The van der Waals surface area contributed by atoms with Crippen LogP contribution in [0.25, 0.3) is 0 Å². The van der Waals surface area contributed by atoms with Gasteiger partial charge in [-0.3, -0.25) is 4.79 Å². The Hall–Kier alpha value is -4.52. The highest BCUT2D eigenvalue weighted by atomic mass is 16.5. The van der Waals surface area contributed by atoms with Gasteiger partial charge in [-0.25, -0.2) is 4.98 Å². The average molecular weight is 510 g/mol. The Balaban J connectivity index is 1.29. The molecule has 2 heterocycles. The van der Waals surface area contributed by atoms with Crippen molar-refractivity contribution in [3.8, 4) is 17.2 Å². The van der Waals surface area contributed by atoms with Crippen LogP contribution in [-0.4, -0.2) is 31.2 Å². The molecule has 1 aliphatic heterocycles. The number of methoxy groups -OCH3 is 1. The second-order valence-electron chi connectivity index (χ2n) is 9.00. The van der Waals surface area contributed by atoms with Crippen molar-refractivity contribution in [2.24, 2.45) is 0 Å². The second-order valence-corrected chi connectivity index (χ2v) is 9.00. The molecule has 0 fully saturated rings. The minimum absolute atomic E-state index is 0.218. The zero-order chi connectivity index (χ0) is 26.3. The molecule has 7 nitrogen and oxygen atoms in total. The van der Waals surface area contributed by atoms with E-state index in [9.17, 15) is 4.79 Å². The fourth-order valence-electron chi connectivity index (χ4n) is 4.56. The lowest BCUT2D eigenvalue weighted by molar-refractivity contribution is 0.102. The number of carbonyl (C=O) groups excluding carboxylic acids is 1. The Morgan fingerprint density at radius 2 is 1.87 bits per heavy atom. The second kappa shape index (κ2) is 11.7. The highest BCUT2D eigenvalue weighted by Gasteiger charge is 2.24. The Morgan fingerprint density at radius 3 is 2.63 bits per heavy atom. The van der Waals surface area contributed by atoms with Crippen LogP contribution in [0.1, 0.15) is 34.0 Å². The van der Waals surface area contributed by atoms with Crippen LogP contribution in [0.5, 0.6) is 17.2 Å². The highest BCUT2D eigenvalue weighted by Crippen LogP contribution is 2.38. The summed E-state index contributed by atoms with van der Waals surface area (Å²) in [5.74, 6) is 2.90. The number of pyridine rings is 1. The molecular formula is C31H31N3O4. The number of anilines is 2. The van der Waals surface area contributed by atoms with Crippen molar-refractivity contribution < 1.29 is 19.0 Å². The van der Waals surface area contributed by atoms with E-state index in [2.05, 4.69) is 33.4 Å². The first kappa shape index (κ1) is 25.1. The van der Waals surface area contributed by atoms with E-state index in [0.29, 0.717) is 36.8 Å². The van der Waals surface area contributed by atoms with Crippen LogP contribution in [0.4, 0.5) is 11.5 Å². The molecule has 38 heavy (non-hydrogen) atoms. The molecule has 1 aliphatic rings. The average Bonchev–Trinajstić information content (AvgIpc) is 2.97. The number of rotatable bonds is 9. The third-order valence-electron chi connectivity index (χ3n) is 6.50. The summed E-state index contributed by atoms with van der Waals surface area (Å²) < 4.78 is 17.4. The van der Waals surface area contributed by atoms with Crippen LogP contribution in [0.15, 0.2) is 85.1 Å². The van der Waals surface area contributed by atoms with Crippen molar-refractivity contribution in [2.45, 2.75) is 26.5 Å². The first-order chi connectivity index (χ1) is 18.6. The van der Waals surface area contributed by atoms with Crippen LogP contribution in [-0.2, 0) is 19.6 Å². The first-order valence-corrected chi connectivity index (χ1v) is 12.7. The SMILES string of the molecule is CCOc1ccc2c(c1OCc1ccccc1)CCN(c1ccc(C(=O)Nc3cccc(OC)c3)cn1)C2. The van der Waals surface area contributed by atoms with Gasteiger partial charge in [-0.2, -0.15) is 0 Å². The molecule has 0 radical (unpaired) electrons. The fourth-order valence-corrected chi connectivity index (χ4v) is 4.56. The normalized spacial score (nSPS) is 12.4. The van der Waals surface area contributed by atoms with Crippen LogP contribution >= 0.6 is 0 Å². The van der Waals surface area contributed by atoms with E-state index >= 15 is 0 Å². The minimum atomic E-state index is -0.218. The van der Waals surface area contributed by atoms with Crippen molar-refractivity contribution in [1.29, 1.82) is 0 Å². The molecule has 0 saturated heterocycles. The third-order valence-corrected chi connectivity index (χ3v) is 6.50. The largest absolute Gasteiger partial charge is 0.497 e. The summed E-state index contributed by atoms with van der Waals surface area (Å²) >= 11 is 0. The maximum Gasteiger partial charge on any atom is 0.257 e. The lowest BCUT2D eigenvalue weighted by atomic mass is 9.98. The van der Waals surface area contributed by atoms with Crippen molar-refractivity contribution in [1.82, 2.24) is 4.98 Å². The van der Waals surface area contributed by atoms with Crippen LogP contribution in [0.3, 0.4) is 0 Å².